The predicted molar refractivity (Wildman–Crippen MR) is 471 cm³/mol. The van der Waals surface area contributed by atoms with Gasteiger partial charge >= 0.3 is 0 Å². The van der Waals surface area contributed by atoms with Crippen molar-refractivity contribution in [1.29, 1.82) is 0 Å². The van der Waals surface area contributed by atoms with E-state index in [1.807, 2.05) is 0 Å². The number of piperazine rings is 8. The molecule has 0 radical (unpaired) electrons. The number of hydrogen-bond acceptors (Lipinski definition) is 18. The summed E-state index contributed by atoms with van der Waals surface area (Å²) in [5.41, 5.74) is 9.25. The third kappa shape index (κ3) is 20.3. The maximum absolute atomic E-state index is 2.92. The van der Waals surface area contributed by atoms with Crippen LogP contribution in [0.3, 0.4) is 0 Å². The number of quaternary nitrogens is 6. The van der Waals surface area contributed by atoms with Gasteiger partial charge in [0.25, 0.3) is 0 Å². The topological polar surface area (TPSA) is 58.3 Å². The van der Waals surface area contributed by atoms with Crippen molar-refractivity contribution in [3.8, 4) is 0 Å². The van der Waals surface area contributed by atoms with Crippen LogP contribution in [-0.4, -0.2) is 533 Å². The van der Waals surface area contributed by atoms with Crippen LogP contribution in [0.4, 0.5) is 0 Å². The van der Waals surface area contributed by atoms with Crippen LogP contribution in [0, 0.1) is 0 Å². The first kappa shape index (κ1) is 99.1. The van der Waals surface area contributed by atoms with Gasteiger partial charge in [-0.25, -0.2) is 24.5 Å². The molecule has 20 aliphatic heterocycles. The summed E-state index contributed by atoms with van der Waals surface area (Å²) < 4.78 is 7.85. The molecular weight excluding hydrogens is 2130 g/mol. The summed E-state index contributed by atoms with van der Waals surface area (Å²) in [6, 6.07) is 29.9. The molecule has 30 heteroatoms. The molecule has 4 bridgehead atoms. The summed E-state index contributed by atoms with van der Waals surface area (Å²) in [7, 11) is 9.72. The molecule has 20 heterocycles. The average Bonchev–Trinajstić information content (AvgIpc) is 1.60. The Morgan fingerprint density at radius 1 is 0.218 bits per heavy atom. The Kier molecular flexibility index (Phi) is 34.1. The maximum atomic E-state index is 2.92. The van der Waals surface area contributed by atoms with Crippen molar-refractivity contribution in [2.45, 2.75) is 127 Å². The van der Waals surface area contributed by atoms with Gasteiger partial charge < -0.3 is 167 Å². The maximum Gasteiger partial charge on any atom is 0.214 e. The number of likely N-dealkylation sites (N-methyl/N-ethyl adjacent to an activating group) is 4. The Bertz CT molecular complexity index is 3850. The van der Waals surface area contributed by atoms with E-state index in [0.717, 1.165) is 19.3 Å². The predicted octanol–water partition coefficient (Wildman–Crippen LogP) is -15.8. The van der Waals surface area contributed by atoms with Crippen LogP contribution in [0.15, 0.2) is 72.8 Å². The van der Waals surface area contributed by atoms with Crippen LogP contribution in [-0.2, 0) is 39.3 Å². The number of fused-ring (bicyclic) bond motifs is 6. The molecule has 3 aromatic rings. The fourth-order valence-corrected chi connectivity index (χ4v) is 29.2. The molecule has 0 spiro atoms. The molecule has 24 nitrogen and oxygen atoms in total. The summed E-state index contributed by atoms with van der Waals surface area (Å²) in [5.74, 6) is 0. The summed E-state index contributed by atoms with van der Waals surface area (Å²) in [6.45, 7) is 73.5. The Morgan fingerprint density at radius 2 is 0.468 bits per heavy atom. The first-order valence-corrected chi connectivity index (χ1v) is 49.2. The Hall–Kier alpha value is 0.580. The van der Waals surface area contributed by atoms with Crippen molar-refractivity contribution >= 4 is 0 Å². The van der Waals surface area contributed by atoms with E-state index >= 15 is 0 Å². The van der Waals surface area contributed by atoms with Crippen molar-refractivity contribution in [2.75, 3.05) is 369 Å². The summed E-state index contributed by atoms with van der Waals surface area (Å²) >= 11 is 0. The van der Waals surface area contributed by atoms with E-state index in [2.05, 4.69) is 189 Å². The van der Waals surface area contributed by atoms with Gasteiger partial charge in [-0.15, -0.1) is 0 Å². The molecule has 3 aromatic carbocycles. The van der Waals surface area contributed by atoms with Crippen molar-refractivity contribution in [3.05, 3.63) is 106 Å². The van der Waals surface area contributed by atoms with Crippen molar-refractivity contribution in [3.63, 3.8) is 0 Å². The average molecular weight is 2290 g/mol. The van der Waals surface area contributed by atoms with Gasteiger partial charge in [0.2, 0.25) is 24.7 Å². The SMILES string of the molecule is CN1CCCN2CCN(CCCN(Cc3ccc(CN4CCN5CCN(C)CCN(CC5)CC4)cc3)CC2)CC1.C[N+]12CCCN3CC[N+]4(Cc5ccc(C[N+]67CCN8CC[N+]9(C)CCN(CC6)C7C89)cc5)CCCN(CC1)C4C32.[Br-].[Br-].[I-].[I-].[I-].[I-].c1cc(C[N+]23CCN4CCN5CCN(CC2)C3C54)ccc1C[N+]12CCCN3CCN4CCCN(CC1)C4C32. The number of halogens is 6. The highest BCUT2D eigenvalue weighted by Crippen LogP contribution is 2.47. The lowest BCUT2D eigenvalue weighted by molar-refractivity contribution is -1.05. The third-order valence-electron chi connectivity index (χ3n) is 36.0. The highest BCUT2D eigenvalue weighted by molar-refractivity contribution is 5.25. The van der Waals surface area contributed by atoms with Crippen LogP contribution in [0.2, 0.25) is 0 Å². The van der Waals surface area contributed by atoms with Gasteiger partial charge in [0.1, 0.15) is 38.5 Å². The van der Waals surface area contributed by atoms with E-state index in [1.165, 1.54) is 443 Å². The monoisotopic (exact) mass is 2290 g/mol. The highest BCUT2D eigenvalue weighted by atomic mass is 127. The van der Waals surface area contributed by atoms with Crippen LogP contribution in [0.1, 0.15) is 71.9 Å². The van der Waals surface area contributed by atoms with Gasteiger partial charge in [0, 0.05) is 244 Å². The smallest absolute Gasteiger partial charge is 0.214 e. The van der Waals surface area contributed by atoms with Gasteiger partial charge in [-0.05, 0) is 70.7 Å². The first-order valence-electron chi connectivity index (χ1n) is 49.2. The molecule has 124 heavy (non-hydrogen) atoms. The molecular formula is C94H160Br2I4N24. The van der Waals surface area contributed by atoms with Crippen molar-refractivity contribution in [1.82, 2.24) is 88.2 Å². The molecule has 23 rings (SSSR count). The summed E-state index contributed by atoms with van der Waals surface area (Å²) in [5, 5.41) is 0. The summed E-state index contributed by atoms with van der Waals surface area (Å²) in [6.07, 6.45) is 13.6. The quantitative estimate of drug-likeness (QED) is 0.128. The standard InChI is InChI=1S/C32H54N8.C32H58N8.C30H48N8.2BrH.4HI/c1-37-17-3-9-33-14-22-39(18-4-10-34(11-19-37)31(39)29(33)37)25-27-5-7-28(8-6-27)26-40-23-15-35-12-20-38(2)21-13-36(16-24-40)32(40)30(35)38;1-33-9-3-10-36-20-19-35(16-13-33)11-4-12-39(26-23-36)29-31-5-7-32(8-6-31)30-40-27-24-37-17-14-34(2)15-18-38(22-21-37)25-28-40;1-7-31-12-14-35-9-2-19-37(20-16-32(8-1)27(31)29(35)37)23-25-3-5-26(6-4-25)24-38-21-17-34-11-10-33-13-15-36(18-22-38)30(38)28(33)34;;;;;;/h5-8,29-32H,3-4,9-26H2,1-2H3;5-8H,3-4,9-30H2,1-2H3;3-6,27-30H,1-2,7-24H2;6*1H/q+4;;+2;;;;;;/p-6. The zero-order valence-corrected chi connectivity index (χ0v) is 88.6. The van der Waals surface area contributed by atoms with E-state index in [4.69, 9.17) is 0 Å². The number of nitrogens with zero attached hydrogens (tertiary/aromatic N) is 24. The Morgan fingerprint density at radius 3 is 0.919 bits per heavy atom. The molecule has 18 unspecified atom stereocenters. The van der Waals surface area contributed by atoms with E-state index in [0.29, 0.717) is 43.2 Å². The van der Waals surface area contributed by atoms with E-state index in [1.54, 1.807) is 22.3 Å². The lowest BCUT2D eigenvalue weighted by atomic mass is 9.94. The molecule has 18 atom stereocenters. The minimum Gasteiger partial charge on any atom is -1.00 e. The fraction of sp³-hybridized carbons (Fsp3) is 0.809. The number of benzene rings is 3. The van der Waals surface area contributed by atoms with E-state index in [-0.39, 0.29) is 130 Å². The molecule has 0 N–H and O–H groups in total. The fourth-order valence-electron chi connectivity index (χ4n) is 29.2. The van der Waals surface area contributed by atoms with Gasteiger partial charge in [-0.2, -0.15) is 0 Å². The lowest BCUT2D eigenvalue weighted by Crippen LogP contribution is -3.00. The number of rotatable bonds is 12. The molecule has 698 valence electrons. The zero-order valence-electron chi connectivity index (χ0n) is 76.8. The second kappa shape index (κ2) is 42.7. The molecule has 0 amide bonds. The minimum absolute atomic E-state index is 0. The highest BCUT2D eigenvalue weighted by Gasteiger charge is 2.68. The number of hydrogen-bond donors (Lipinski definition) is 0. The van der Waals surface area contributed by atoms with Crippen LogP contribution < -0.4 is 130 Å². The second-order valence-corrected chi connectivity index (χ2v) is 42.9. The van der Waals surface area contributed by atoms with Crippen molar-refractivity contribution in [2.24, 2.45) is 0 Å². The molecule has 0 aromatic heterocycles. The van der Waals surface area contributed by atoms with Gasteiger partial charge in [-0.3, -0.25) is 53.1 Å². The normalized spacial score (nSPS) is 39.4. The second-order valence-electron chi connectivity index (χ2n) is 42.9. The van der Waals surface area contributed by atoms with Crippen LogP contribution >= 0.6 is 0 Å². The molecule has 20 aliphatic rings. The van der Waals surface area contributed by atoms with Gasteiger partial charge in [0.05, 0.1) is 138 Å². The molecule has 0 aliphatic carbocycles. The molecule has 20 saturated heterocycles. The van der Waals surface area contributed by atoms with Crippen LogP contribution in [0.5, 0.6) is 0 Å². The third-order valence-corrected chi connectivity index (χ3v) is 36.0. The Balaban J connectivity index is 0.000000141. The van der Waals surface area contributed by atoms with Gasteiger partial charge in [-0.1, -0.05) is 72.8 Å². The van der Waals surface area contributed by atoms with E-state index in [9.17, 15) is 0 Å². The Labute approximate surface area is 838 Å². The lowest BCUT2D eigenvalue weighted by Gasteiger charge is -2.66. The molecule has 20 fully saturated rings. The minimum atomic E-state index is 0. The van der Waals surface area contributed by atoms with E-state index < -0.39 is 0 Å². The van der Waals surface area contributed by atoms with Crippen LogP contribution in [0.25, 0.3) is 0 Å². The largest absolute Gasteiger partial charge is 1.00 e. The van der Waals surface area contributed by atoms with Crippen molar-refractivity contribution < 1.29 is 157 Å². The zero-order chi connectivity index (χ0) is 79.2. The molecule has 0 saturated carbocycles. The van der Waals surface area contributed by atoms with Gasteiger partial charge in [0.15, 0.2) is 12.3 Å². The first-order chi connectivity index (χ1) is 57.7. The summed E-state index contributed by atoms with van der Waals surface area (Å²) in [4.78, 5) is 49.9.